The van der Waals surface area contributed by atoms with Gasteiger partial charge in [0.1, 0.15) is 5.82 Å². The summed E-state index contributed by atoms with van der Waals surface area (Å²) in [6.45, 7) is 0.209. The molecule has 0 bridgehead atoms. The van der Waals surface area contributed by atoms with Crippen LogP contribution in [0.2, 0.25) is 0 Å². The third-order valence-electron chi connectivity index (χ3n) is 4.32. The molecule has 0 amide bonds. The second kappa shape index (κ2) is 4.83. The molecule has 0 spiro atoms. The molecule has 22 heavy (non-hydrogen) atoms. The number of carboxylic acids is 1. The number of hydrogen-bond donors (Lipinski definition) is 1. The minimum atomic E-state index is -0.979. The van der Waals surface area contributed by atoms with E-state index in [4.69, 9.17) is 0 Å². The van der Waals surface area contributed by atoms with Crippen molar-refractivity contribution in [3.63, 3.8) is 0 Å². The van der Waals surface area contributed by atoms with Crippen LogP contribution in [0.5, 0.6) is 0 Å². The topological polar surface area (TPSA) is 77.1 Å². The Bertz CT molecular complexity index is 797. The quantitative estimate of drug-likeness (QED) is 0.916. The Labute approximate surface area is 127 Å². The standard InChI is InChI=1S/C16H17N3O3/c20-15(21)13-4-2-1-3-11(13)9-18-16(22)19(12-7-8-12)14(17-18)10-5-6-10/h1-4,10,12H,5-9H2,(H,20,21). The van der Waals surface area contributed by atoms with Crippen molar-refractivity contribution in [3.05, 3.63) is 51.7 Å². The number of rotatable bonds is 5. The van der Waals surface area contributed by atoms with Crippen LogP contribution in [0.3, 0.4) is 0 Å². The van der Waals surface area contributed by atoms with Crippen LogP contribution in [0.15, 0.2) is 29.1 Å². The highest BCUT2D eigenvalue weighted by Crippen LogP contribution is 2.43. The lowest BCUT2D eigenvalue weighted by Crippen LogP contribution is -2.26. The largest absolute Gasteiger partial charge is 0.478 e. The predicted molar refractivity (Wildman–Crippen MR) is 79.2 cm³/mol. The van der Waals surface area contributed by atoms with Gasteiger partial charge >= 0.3 is 11.7 Å². The highest BCUT2D eigenvalue weighted by molar-refractivity contribution is 5.89. The van der Waals surface area contributed by atoms with E-state index in [9.17, 15) is 14.7 Å². The lowest BCUT2D eigenvalue weighted by atomic mass is 10.1. The van der Waals surface area contributed by atoms with E-state index in [0.29, 0.717) is 17.5 Å². The van der Waals surface area contributed by atoms with E-state index in [1.54, 1.807) is 24.3 Å². The summed E-state index contributed by atoms with van der Waals surface area (Å²) >= 11 is 0. The van der Waals surface area contributed by atoms with Crippen molar-refractivity contribution >= 4 is 5.97 Å². The average molecular weight is 299 g/mol. The van der Waals surface area contributed by atoms with Crippen LogP contribution in [0.25, 0.3) is 0 Å². The molecule has 1 aromatic carbocycles. The van der Waals surface area contributed by atoms with Gasteiger partial charge < -0.3 is 5.11 Å². The number of aromatic nitrogens is 3. The molecule has 2 aliphatic rings. The van der Waals surface area contributed by atoms with Crippen LogP contribution >= 0.6 is 0 Å². The monoisotopic (exact) mass is 299 g/mol. The van der Waals surface area contributed by atoms with Gasteiger partial charge in [0.2, 0.25) is 0 Å². The molecule has 2 aromatic rings. The summed E-state index contributed by atoms with van der Waals surface area (Å²) in [5, 5.41) is 13.8. The Hall–Kier alpha value is -2.37. The van der Waals surface area contributed by atoms with Gasteiger partial charge in [-0.25, -0.2) is 14.3 Å². The molecular weight excluding hydrogens is 282 g/mol. The smallest absolute Gasteiger partial charge is 0.346 e. The molecule has 2 saturated carbocycles. The lowest BCUT2D eigenvalue weighted by molar-refractivity contribution is 0.0695. The fraction of sp³-hybridized carbons (Fsp3) is 0.438. The van der Waals surface area contributed by atoms with Gasteiger partial charge in [-0.2, -0.15) is 5.10 Å². The minimum Gasteiger partial charge on any atom is -0.478 e. The highest BCUT2D eigenvalue weighted by Gasteiger charge is 2.36. The van der Waals surface area contributed by atoms with E-state index in [1.807, 2.05) is 4.57 Å². The van der Waals surface area contributed by atoms with Crippen molar-refractivity contribution < 1.29 is 9.90 Å². The van der Waals surface area contributed by atoms with Crippen LogP contribution in [-0.4, -0.2) is 25.4 Å². The van der Waals surface area contributed by atoms with Crippen molar-refractivity contribution in [2.24, 2.45) is 0 Å². The number of aromatic carboxylic acids is 1. The Morgan fingerprint density at radius 1 is 1.23 bits per heavy atom. The Morgan fingerprint density at radius 2 is 1.95 bits per heavy atom. The number of carbonyl (C=O) groups is 1. The maximum absolute atomic E-state index is 12.6. The number of hydrogen-bond acceptors (Lipinski definition) is 3. The van der Waals surface area contributed by atoms with E-state index in [2.05, 4.69) is 5.10 Å². The first-order valence-electron chi connectivity index (χ1n) is 7.65. The first kappa shape index (κ1) is 13.3. The van der Waals surface area contributed by atoms with Gasteiger partial charge in [-0.3, -0.25) is 4.57 Å². The van der Waals surface area contributed by atoms with E-state index in [1.165, 1.54) is 4.68 Å². The van der Waals surface area contributed by atoms with E-state index in [-0.39, 0.29) is 17.8 Å². The van der Waals surface area contributed by atoms with E-state index < -0.39 is 5.97 Å². The molecule has 0 saturated heterocycles. The summed E-state index contributed by atoms with van der Waals surface area (Å²) < 4.78 is 3.26. The number of benzene rings is 1. The third kappa shape index (κ3) is 2.24. The van der Waals surface area contributed by atoms with Crippen molar-refractivity contribution in [2.45, 2.75) is 44.2 Å². The molecule has 1 aromatic heterocycles. The van der Waals surface area contributed by atoms with Crippen LogP contribution in [-0.2, 0) is 6.54 Å². The average Bonchev–Trinajstić information content (AvgIpc) is 3.39. The second-order valence-corrected chi connectivity index (χ2v) is 6.14. The summed E-state index contributed by atoms with van der Waals surface area (Å²) in [4.78, 5) is 23.9. The molecule has 6 heteroatoms. The molecule has 1 heterocycles. The summed E-state index contributed by atoms with van der Waals surface area (Å²) in [5.74, 6) is 0.317. The first-order chi connectivity index (χ1) is 10.6. The molecule has 2 aliphatic carbocycles. The third-order valence-corrected chi connectivity index (χ3v) is 4.32. The minimum absolute atomic E-state index is 0.107. The van der Waals surface area contributed by atoms with Crippen LogP contribution in [0.1, 0.15) is 59.4 Å². The fourth-order valence-electron chi connectivity index (χ4n) is 2.86. The highest BCUT2D eigenvalue weighted by atomic mass is 16.4. The van der Waals surface area contributed by atoms with Crippen LogP contribution in [0, 0.1) is 0 Å². The molecule has 0 aliphatic heterocycles. The molecule has 6 nitrogen and oxygen atoms in total. The second-order valence-electron chi connectivity index (χ2n) is 6.14. The molecule has 1 N–H and O–H groups in total. The van der Waals surface area contributed by atoms with Gasteiger partial charge in [-0.05, 0) is 37.3 Å². The van der Waals surface area contributed by atoms with Crippen molar-refractivity contribution in [2.75, 3.05) is 0 Å². The molecule has 0 unspecified atom stereocenters. The predicted octanol–water partition coefficient (Wildman–Crippen LogP) is 2.00. The van der Waals surface area contributed by atoms with Gasteiger partial charge in [0, 0.05) is 12.0 Å². The van der Waals surface area contributed by atoms with Crippen molar-refractivity contribution in [1.29, 1.82) is 0 Å². The lowest BCUT2D eigenvalue weighted by Gasteiger charge is -2.04. The van der Waals surface area contributed by atoms with Crippen LogP contribution in [0.4, 0.5) is 0 Å². The first-order valence-corrected chi connectivity index (χ1v) is 7.65. The van der Waals surface area contributed by atoms with Gasteiger partial charge in [0.15, 0.2) is 0 Å². The van der Waals surface area contributed by atoms with Gasteiger partial charge in [0.05, 0.1) is 12.1 Å². The molecule has 2 fully saturated rings. The summed E-state index contributed by atoms with van der Waals surface area (Å²) in [7, 11) is 0. The zero-order valence-corrected chi connectivity index (χ0v) is 12.1. The zero-order valence-electron chi connectivity index (χ0n) is 12.1. The van der Waals surface area contributed by atoms with Gasteiger partial charge in [-0.15, -0.1) is 0 Å². The van der Waals surface area contributed by atoms with Crippen molar-refractivity contribution in [1.82, 2.24) is 14.3 Å². The Balaban J connectivity index is 1.73. The van der Waals surface area contributed by atoms with Gasteiger partial charge in [0.25, 0.3) is 0 Å². The Morgan fingerprint density at radius 3 is 2.59 bits per heavy atom. The summed E-state index contributed by atoms with van der Waals surface area (Å²) in [5.41, 5.74) is 0.729. The maximum atomic E-state index is 12.6. The summed E-state index contributed by atoms with van der Waals surface area (Å²) in [6.07, 6.45) is 4.26. The number of nitrogens with zero attached hydrogens (tertiary/aromatic N) is 3. The van der Waals surface area contributed by atoms with Crippen molar-refractivity contribution in [3.8, 4) is 0 Å². The van der Waals surface area contributed by atoms with E-state index in [0.717, 1.165) is 31.5 Å². The zero-order chi connectivity index (χ0) is 15.3. The van der Waals surface area contributed by atoms with Crippen LogP contribution < -0.4 is 5.69 Å². The summed E-state index contributed by atoms with van der Waals surface area (Å²) in [6, 6.07) is 7.07. The molecule has 0 atom stereocenters. The van der Waals surface area contributed by atoms with E-state index >= 15 is 0 Å². The molecule has 0 radical (unpaired) electrons. The SMILES string of the molecule is O=C(O)c1ccccc1Cn1nc(C2CC2)n(C2CC2)c1=O. The molecular formula is C16H17N3O3. The van der Waals surface area contributed by atoms with Gasteiger partial charge in [-0.1, -0.05) is 18.2 Å². The number of carboxylic acid groups (broad SMARTS) is 1. The normalized spacial score (nSPS) is 17.6. The fourth-order valence-corrected chi connectivity index (χ4v) is 2.86. The molecule has 114 valence electrons. The Kier molecular flexibility index (Phi) is 2.92. The molecule has 4 rings (SSSR count). The maximum Gasteiger partial charge on any atom is 0.346 e.